The molecule has 0 amide bonds. The highest BCUT2D eigenvalue weighted by atomic mass is 19.4. The maximum Gasteiger partial charge on any atom is 0.414 e. The third-order valence-corrected chi connectivity index (χ3v) is 3.93. The van der Waals surface area contributed by atoms with E-state index in [1.807, 2.05) is 0 Å². The molecule has 0 spiro atoms. The monoisotopic (exact) mass is 292 g/mol. The second-order valence-corrected chi connectivity index (χ2v) is 6.25. The van der Waals surface area contributed by atoms with Crippen LogP contribution >= 0.6 is 0 Å². The number of halogens is 3. The molecule has 0 saturated heterocycles. The lowest BCUT2D eigenvalue weighted by Crippen LogP contribution is -2.30. The van der Waals surface area contributed by atoms with Gasteiger partial charge >= 0.3 is 6.18 Å². The van der Waals surface area contributed by atoms with E-state index in [2.05, 4.69) is 24.0 Å². The van der Waals surface area contributed by atoms with Gasteiger partial charge in [0.15, 0.2) is 11.9 Å². The number of aliphatic hydroxyl groups excluding tert-OH is 1. The lowest BCUT2D eigenvalue weighted by molar-refractivity contribution is -0.204. The fraction of sp³-hybridized carbons (Fsp3) is 0.846. The summed E-state index contributed by atoms with van der Waals surface area (Å²) in [5, 5.41) is 12.7. The molecule has 0 aliphatic heterocycles. The van der Waals surface area contributed by atoms with Crippen molar-refractivity contribution in [1.82, 2.24) is 10.1 Å². The summed E-state index contributed by atoms with van der Waals surface area (Å²) in [6.07, 6.45) is -3.92. The van der Waals surface area contributed by atoms with Crippen LogP contribution in [0.5, 0.6) is 0 Å². The van der Waals surface area contributed by atoms with Crippen molar-refractivity contribution in [3.63, 3.8) is 0 Å². The van der Waals surface area contributed by atoms with Gasteiger partial charge in [0.25, 0.3) is 0 Å². The molecule has 0 aromatic carbocycles. The normalized spacial score (nSPS) is 21.9. The van der Waals surface area contributed by atoms with Crippen molar-refractivity contribution < 1.29 is 22.8 Å². The van der Waals surface area contributed by atoms with E-state index in [1.54, 1.807) is 0 Å². The highest BCUT2D eigenvalue weighted by Gasteiger charge is 2.39. The Bertz CT molecular complexity index is 447. The summed E-state index contributed by atoms with van der Waals surface area (Å²) >= 11 is 0. The van der Waals surface area contributed by atoms with Crippen LogP contribution in [0.25, 0.3) is 0 Å². The molecule has 1 fully saturated rings. The zero-order valence-corrected chi connectivity index (χ0v) is 11.6. The summed E-state index contributed by atoms with van der Waals surface area (Å²) in [6, 6.07) is 0. The molecule has 1 aliphatic rings. The second-order valence-electron chi connectivity index (χ2n) is 6.25. The van der Waals surface area contributed by atoms with Crippen LogP contribution in [0.3, 0.4) is 0 Å². The van der Waals surface area contributed by atoms with Gasteiger partial charge in [-0.05, 0) is 31.1 Å². The largest absolute Gasteiger partial charge is 0.414 e. The smallest absolute Gasteiger partial charge is 0.383 e. The Labute approximate surface area is 115 Å². The molecule has 7 heteroatoms. The summed E-state index contributed by atoms with van der Waals surface area (Å²) in [5.74, 6) is 0.447. The molecule has 1 aliphatic carbocycles. The van der Waals surface area contributed by atoms with Gasteiger partial charge < -0.3 is 9.63 Å². The third-order valence-electron chi connectivity index (χ3n) is 3.93. The lowest BCUT2D eigenvalue weighted by atomic mass is 9.73. The minimum absolute atomic E-state index is 0.142. The summed E-state index contributed by atoms with van der Waals surface area (Å²) in [6.45, 7) is 4.40. The zero-order valence-electron chi connectivity index (χ0n) is 11.6. The molecule has 20 heavy (non-hydrogen) atoms. The highest BCUT2D eigenvalue weighted by molar-refractivity contribution is 4.99. The van der Waals surface area contributed by atoms with E-state index in [0.717, 1.165) is 25.7 Å². The number of alkyl halides is 3. The van der Waals surface area contributed by atoms with Crippen molar-refractivity contribution in [2.75, 3.05) is 0 Å². The van der Waals surface area contributed by atoms with Gasteiger partial charge in [0, 0.05) is 5.92 Å². The summed E-state index contributed by atoms with van der Waals surface area (Å²) < 4.78 is 41.5. The van der Waals surface area contributed by atoms with Crippen LogP contribution in [0.4, 0.5) is 13.2 Å². The fourth-order valence-electron chi connectivity index (χ4n) is 2.46. The van der Waals surface area contributed by atoms with Crippen molar-refractivity contribution in [2.45, 2.75) is 64.1 Å². The summed E-state index contributed by atoms with van der Waals surface area (Å²) in [7, 11) is 0. The Morgan fingerprint density at radius 3 is 2.50 bits per heavy atom. The number of rotatable bonds is 3. The van der Waals surface area contributed by atoms with Gasteiger partial charge in [0.1, 0.15) is 0 Å². The molecule has 0 radical (unpaired) electrons. The van der Waals surface area contributed by atoms with Crippen molar-refractivity contribution in [3.8, 4) is 0 Å². The van der Waals surface area contributed by atoms with Crippen molar-refractivity contribution >= 4 is 0 Å². The number of aliphatic hydroxyl groups is 1. The van der Waals surface area contributed by atoms with E-state index in [1.165, 1.54) is 0 Å². The van der Waals surface area contributed by atoms with Gasteiger partial charge in [-0.15, -0.1) is 0 Å². The molecule has 1 N–H and O–H groups in total. The molecule has 1 saturated carbocycles. The third kappa shape index (κ3) is 3.71. The van der Waals surface area contributed by atoms with Crippen LogP contribution in [0.2, 0.25) is 0 Å². The van der Waals surface area contributed by atoms with Gasteiger partial charge in [0.2, 0.25) is 5.89 Å². The minimum atomic E-state index is -4.66. The average Bonchev–Trinajstić information content (AvgIpc) is 2.76. The molecule has 1 heterocycles. The SMILES string of the molecule is CC1(C)CCC(c2noc(CC(O)C(F)(F)F)n2)CC1. The molecule has 2 rings (SSSR count). The Balaban J connectivity index is 1.96. The minimum Gasteiger partial charge on any atom is -0.383 e. The first-order chi connectivity index (χ1) is 9.17. The van der Waals surface area contributed by atoms with E-state index < -0.39 is 18.7 Å². The number of aromatic nitrogens is 2. The van der Waals surface area contributed by atoms with Crippen LogP contribution in [0.15, 0.2) is 4.52 Å². The van der Waals surface area contributed by atoms with Crippen molar-refractivity contribution in [1.29, 1.82) is 0 Å². The van der Waals surface area contributed by atoms with Crippen LogP contribution in [0, 0.1) is 5.41 Å². The van der Waals surface area contributed by atoms with Crippen molar-refractivity contribution in [2.24, 2.45) is 5.41 Å². The standard InChI is InChI=1S/C13H19F3N2O2/c1-12(2)5-3-8(4-6-12)11-17-10(20-18-11)7-9(19)13(14,15)16/h8-9,19H,3-7H2,1-2H3. The van der Waals surface area contributed by atoms with Crippen LogP contribution in [0.1, 0.15) is 57.2 Å². The second kappa shape index (κ2) is 5.35. The average molecular weight is 292 g/mol. The van der Waals surface area contributed by atoms with E-state index >= 15 is 0 Å². The van der Waals surface area contributed by atoms with Gasteiger partial charge in [0.05, 0.1) is 6.42 Å². The quantitative estimate of drug-likeness (QED) is 0.929. The first-order valence-electron chi connectivity index (χ1n) is 6.75. The van der Waals surface area contributed by atoms with Gasteiger partial charge in [-0.2, -0.15) is 18.2 Å². The van der Waals surface area contributed by atoms with Crippen LogP contribution in [-0.4, -0.2) is 27.5 Å². The van der Waals surface area contributed by atoms with E-state index in [0.29, 0.717) is 11.2 Å². The topological polar surface area (TPSA) is 59.2 Å². The molecule has 1 unspecified atom stereocenters. The van der Waals surface area contributed by atoms with E-state index in [9.17, 15) is 13.2 Å². The van der Waals surface area contributed by atoms with Crippen LogP contribution < -0.4 is 0 Å². The number of hydrogen-bond donors (Lipinski definition) is 1. The molecular weight excluding hydrogens is 273 g/mol. The maximum atomic E-state index is 12.2. The predicted octanol–water partition coefficient (Wildman–Crippen LogP) is 3.22. The van der Waals surface area contributed by atoms with Crippen molar-refractivity contribution in [3.05, 3.63) is 11.7 Å². The maximum absolute atomic E-state index is 12.2. The molecule has 1 aromatic rings. The summed E-state index contributed by atoms with van der Waals surface area (Å²) in [5.41, 5.74) is 0.301. The molecule has 4 nitrogen and oxygen atoms in total. The zero-order chi connectivity index (χ0) is 15.0. The fourth-order valence-corrected chi connectivity index (χ4v) is 2.46. The highest BCUT2D eigenvalue weighted by Crippen LogP contribution is 2.41. The van der Waals surface area contributed by atoms with Gasteiger partial charge in [-0.3, -0.25) is 0 Å². The first kappa shape index (κ1) is 15.3. The molecular formula is C13H19F3N2O2. The molecule has 1 aromatic heterocycles. The molecule has 114 valence electrons. The predicted molar refractivity (Wildman–Crippen MR) is 65.1 cm³/mol. The Kier molecular flexibility index (Phi) is 4.09. The molecule has 1 atom stereocenters. The lowest BCUT2D eigenvalue weighted by Gasteiger charge is -2.32. The Morgan fingerprint density at radius 1 is 1.35 bits per heavy atom. The Morgan fingerprint density at radius 2 is 1.95 bits per heavy atom. The number of nitrogens with zero attached hydrogens (tertiary/aromatic N) is 2. The van der Waals surface area contributed by atoms with Gasteiger partial charge in [-0.25, -0.2) is 0 Å². The first-order valence-corrected chi connectivity index (χ1v) is 6.75. The Hall–Kier alpha value is -1.11. The number of hydrogen-bond acceptors (Lipinski definition) is 4. The summed E-state index contributed by atoms with van der Waals surface area (Å²) in [4.78, 5) is 4.00. The van der Waals surface area contributed by atoms with E-state index in [4.69, 9.17) is 9.63 Å². The molecule has 0 bridgehead atoms. The van der Waals surface area contributed by atoms with E-state index in [-0.39, 0.29) is 11.8 Å². The van der Waals surface area contributed by atoms with Crippen LogP contribution in [-0.2, 0) is 6.42 Å². The van der Waals surface area contributed by atoms with Gasteiger partial charge in [-0.1, -0.05) is 19.0 Å².